The molecule has 0 fully saturated rings. The lowest BCUT2D eigenvalue weighted by atomic mass is 10.2. The minimum atomic E-state index is 0.195. The van der Waals surface area contributed by atoms with Crippen LogP contribution in [0.25, 0.3) is 0 Å². The summed E-state index contributed by atoms with van der Waals surface area (Å²) in [4.78, 5) is 0. The van der Waals surface area contributed by atoms with E-state index in [1.165, 1.54) is 5.56 Å². The van der Waals surface area contributed by atoms with Gasteiger partial charge in [0.2, 0.25) is 0 Å². The molecule has 0 spiro atoms. The summed E-state index contributed by atoms with van der Waals surface area (Å²) in [5, 5.41) is 12.3. The van der Waals surface area contributed by atoms with E-state index in [0.29, 0.717) is 0 Å². The van der Waals surface area contributed by atoms with E-state index >= 15 is 0 Å². The van der Waals surface area contributed by atoms with Gasteiger partial charge in [-0.15, -0.1) is 0 Å². The Morgan fingerprint density at radius 2 is 2.14 bits per heavy atom. The predicted molar refractivity (Wildman–Crippen MR) is 62.1 cm³/mol. The molecule has 0 aliphatic rings. The highest BCUT2D eigenvalue weighted by molar-refractivity contribution is 9.10. The molecule has 0 aliphatic carbocycles. The van der Waals surface area contributed by atoms with E-state index in [2.05, 4.69) is 34.2 Å². The molecule has 0 radical (unpaired) electrons. The fourth-order valence-electron chi connectivity index (χ4n) is 1.23. The molecule has 14 heavy (non-hydrogen) atoms. The molecule has 2 N–H and O–H groups in total. The van der Waals surface area contributed by atoms with Crippen molar-refractivity contribution < 1.29 is 5.11 Å². The summed E-state index contributed by atoms with van der Waals surface area (Å²) in [7, 11) is 0. The van der Waals surface area contributed by atoms with E-state index in [9.17, 15) is 0 Å². The molecular weight excluding hydrogens is 242 g/mol. The van der Waals surface area contributed by atoms with Gasteiger partial charge in [0.25, 0.3) is 0 Å². The van der Waals surface area contributed by atoms with E-state index in [1.54, 1.807) is 0 Å². The van der Waals surface area contributed by atoms with E-state index in [4.69, 9.17) is 5.11 Å². The van der Waals surface area contributed by atoms with Crippen molar-refractivity contribution in [2.24, 2.45) is 0 Å². The monoisotopic (exact) mass is 257 g/mol. The Bertz CT molecular complexity index is 274. The van der Waals surface area contributed by atoms with Crippen molar-refractivity contribution in [1.29, 1.82) is 0 Å². The third-order valence-electron chi connectivity index (χ3n) is 2.25. The molecule has 1 aromatic rings. The maximum absolute atomic E-state index is 9.00. The number of aliphatic hydroxyl groups excluding tert-OH is 1. The maximum atomic E-state index is 9.00. The minimum absolute atomic E-state index is 0.195. The first-order valence-electron chi connectivity index (χ1n) is 4.85. The van der Waals surface area contributed by atoms with Gasteiger partial charge in [-0.05, 0) is 18.1 Å². The Kier molecular flexibility index (Phi) is 5.15. The molecule has 0 aromatic heterocycles. The zero-order valence-corrected chi connectivity index (χ0v) is 9.92. The Hall–Kier alpha value is -0.380. The van der Waals surface area contributed by atoms with Crippen molar-refractivity contribution in [3.8, 4) is 0 Å². The van der Waals surface area contributed by atoms with Crippen molar-refractivity contribution in [1.82, 2.24) is 5.32 Å². The first-order valence-corrected chi connectivity index (χ1v) is 5.64. The molecule has 0 bridgehead atoms. The fourth-order valence-corrected chi connectivity index (χ4v) is 1.66. The highest BCUT2D eigenvalue weighted by Crippen LogP contribution is 2.15. The standard InChI is InChI=1S/C11H16BrNO/c1-2-10(8-14)13-7-9-5-3-4-6-11(9)12/h3-6,10,13-14H,2,7-8H2,1H3/t10-/m1/s1. The molecule has 0 heterocycles. The number of hydrogen-bond donors (Lipinski definition) is 2. The molecule has 3 heteroatoms. The highest BCUT2D eigenvalue weighted by atomic mass is 79.9. The zero-order valence-electron chi connectivity index (χ0n) is 8.33. The molecule has 0 aliphatic heterocycles. The molecule has 1 aromatic carbocycles. The van der Waals surface area contributed by atoms with Crippen molar-refractivity contribution in [3.05, 3.63) is 34.3 Å². The second-order valence-electron chi connectivity index (χ2n) is 3.26. The van der Waals surface area contributed by atoms with Crippen LogP contribution in [-0.4, -0.2) is 17.8 Å². The van der Waals surface area contributed by atoms with Gasteiger partial charge in [-0.1, -0.05) is 41.1 Å². The molecule has 2 nitrogen and oxygen atoms in total. The van der Waals surface area contributed by atoms with E-state index in [-0.39, 0.29) is 12.6 Å². The Labute approximate surface area is 93.5 Å². The number of nitrogens with one attached hydrogen (secondary N) is 1. The van der Waals surface area contributed by atoms with Crippen LogP contribution in [0.3, 0.4) is 0 Å². The van der Waals surface area contributed by atoms with Gasteiger partial charge in [-0.3, -0.25) is 0 Å². The van der Waals surface area contributed by atoms with Crippen LogP contribution in [0.2, 0.25) is 0 Å². The lowest BCUT2D eigenvalue weighted by Gasteiger charge is -2.14. The normalized spacial score (nSPS) is 12.8. The summed E-state index contributed by atoms with van der Waals surface area (Å²) in [6.07, 6.45) is 0.945. The van der Waals surface area contributed by atoms with Crippen LogP contribution in [0.5, 0.6) is 0 Å². The minimum Gasteiger partial charge on any atom is -0.395 e. The van der Waals surface area contributed by atoms with E-state index in [1.807, 2.05) is 18.2 Å². The van der Waals surface area contributed by atoms with Crippen LogP contribution < -0.4 is 5.32 Å². The van der Waals surface area contributed by atoms with E-state index in [0.717, 1.165) is 17.4 Å². The van der Waals surface area contributed by atoms with Gasteiger partial charge < -0.3 is 10.4 Å². The van der Waals surface area contributed by atoms with Crippen LogP contribution in [0.1, 0.15) is 18.9 Å². The van der Waals surface area contributed by atoms with Crippen LogP contribution in [0.15, 0.2) is 28.7 Å². The summed E-state index contributed by atoms with van der Waals surface area (Å²) in [5.41, 5.74) is 1.22. The Balaban J connectivity index is 2.49. The highest BCUT2D eigenvalue weighted by Gasteiger charge is 2.04. The Morgan fingerprint density at radius 3 is 2.71 bits per heavy atom. The molecular formula is C11H16BrNO. The average molecular weight is 258 g/mol. The van der Waals surface area contributed by atoms with Crippen LogP contribution in [0, 0.1) is 0 Å². The SMILES string of the molecule is CC[C@H](CO)NCc1ccccc1Br. The molecule has 78 valence electrons. The quantitative estimate of drug-likeness (QED) is 0.849. The number of aliphatic hydroxyl groups is 1. The van der Waals surface area contributed by atoms with Gasteiger partial charge in [-0.25, -0.2) is 0 Å². The number of rotatable bonds is 5. The van der Waals surface area contributed by atoms with E-state index < -0.39 is 0 Å². The average Bonchev–Trinajstić information content (AvgIpc) is 2.22. The second-order valence-corrected chi connectivity index (χ2v) is 4.11. The summed E-state index contributed by atoms with van der Waals surface area (Å²) in [6.45, 7) is 3.05. The topological polar surface area (TPSA) is 32.3 Å². The maximum Gasteiger partial charge on any atom is 0.0584 e. The first kappa shape index (κ1) is 11.7. The summed E-state index contributed by atoms with van der Waals surface area (Å²) in [5.74, 6) is 0. The molecule has 0 unspecified atom stereocenters. The summed E-state index contributed by atoms with van der Waals surface area (Å²) in [6, 6.07) is 8.30. The summed E-state index contributed by atoms with van der Waals surface area (Å²) < 4.78 is 1.11. The van der Waals surface area contributed by atoms with Crippen molar-refractivity contribution in [3.63, 3.8) is 0 Å². The number of benzene rings is 1. The zero-order chi connectivity index (χ0) is 10.4. The van der Waals surface area contributed by atoms with Gasteiger partial charge in [0.15, 0.2) is 0 Å². The van der Waals surface area contributed by atoms with Gasteiger partial charge in [-0.2, -0.15) is 0 Å². The molecule has 0 saturated carbocycles. The smallest absolute Gasteiger partial charge is 0.0584 e. The van der Waals surface area contributed by atoms with Gasteiger partial charge >= 0.3 is 0 Å². The number of hydrogen-bond acceptors (Lipinski definition) is 2. The first-order chi connectivity index (χ1) is 6.77. The molecule has 1 atom stereocenters. The van der Waals surface area contributed by atoms with Gasteiger partial charge in [0, 0.05) is 17.1 Å². The molecule has 0 amide bonds. The second kappa shape index (κ2) is 6.17. The van der Waals surface area contributed by atoms with Crippen LogP contribution >= 0.6 is 15.9 Å². The van der Waals surface area contributed by atoms with Crippen LogP contribution in [-0.2, 0) is 6.54 Å². The van der Waals surface area contributed by atoms with Crippen molar-refractivity contribution >= 4 is 15.9 Å². The fraction of sp³-hybridized carbons (Fsp3) is 0.455. The van der Waals surface area contributed by atoms with Crippen molar-refractivity contribution in [2.45, 2.75) is 25.9 Å². The van der Waals surface area contributed by atoms with Gasteiger partial charge in [0.1, 0.15) is 0 Å². The molecule has 0 saturated heterocycles. The molecule has 1 rings (SSSR count). The number of halogens is 1. The predicted octanol–water partition coefficient (Wildman–Crippen LogP) is 2.31. The van der Waals surface area contributed by atoms with Gasteiger partial charge in [0.05, 0.1) is 6.61 Å². The third-order valence-corrected chi connectivity index (χ3v) is 3.03. The largest absolute Gasteiger partial charge is 0.395 e. The lowest BCUT2D eigenvalue weighted by molar-refractivity contribution is 0.238. The lowest BCUT2D eigenvalue weighted by Crippen LogP contribution is -2.31. The third kappa shape index (κ3) is 3.40. The van der Waals surface area contributed by atoms with Crippen molar-refractivity contribution in [2.75, 3.05) is 6.61 Å². The van der Waals surface area contributed by atoms with Crippen LogP contribution in [0.4, 0.5) is 0 Å². The Morgan fingerprint density at radius 1 is 1.43 bits per heavy atom. The summed E-state index contributed by atoms with van der Waals surface area (Å²) >= 11 is 3.49.